The summed E-state index contributed by atoms with van der Waals surface area (Å²) in [5, 5.41) is 1.47. The molecule has 1 heterocycles. The van der Waals surface area contributed by atoms with Crippen molar-refractivity contribution in [3.8, 4) is 0 Å². The van der Waals surface area contributed by atoms with Crippen LogP contribution in [0, 0.1) is 6.92 Å². The van der Waals surface area contributed by atoms with Crippen LogP contribution in [-0.2, 0) is 5.75 Å². The standard InChI is InChI=1S/C23H26N2O2S/c1-14(2)19-12-20-18(11-22(26)27-21(20)10-15(19)3)13-28-23(24)25-16(4)17-8-6-5-7-9-17/h5-12,14,16H,13H2,1-4H3,(H2,24,25)/t16-/m1/s1. The molecule has 2 N–H and O–H groups in total. The third-order valence-electron chi connectivity index (χ3n) is 4.82. The predicted molar refractivity (Wildman–Crippen MR) is 119 cm³/mol. The van der Waals surface area contributed by atoms with Crippen LogP contribution >= 0.6 is 11.8 Å². The molecule has 28 heavy (non-hydrogen) atoms. The number of nitrogens with zero attached hydrogens (tertiary/aromatic N) is 1. The Morgan fingerprint density at radius 1 is 1.14 bits per heavy atom. The molecule has 0 saturated carbocycles. The van der Waals surface area contributed by atoms with Crippen molar-refractivity contribution in [1.82, 2.24) is 0 Å². The summed E-state index contributed by atoms with van der Waals surface area (Å²) in [7, 11) is 0. The van der Waals surface area contributed by atoms with Gasteiger partial charge < -0.3 is 10.2 Å². The number of aliphatic imine (C=N–C) groups is 1. The molecule has 1 aromatic heterocycles. The molecule has 0 aliphatic carbocycles. The van der Waals surface area contributed by atoms with Crippen LogP contribution in [0.3, 0.4) is 0 Å². The fraction of sp³-hybridized carbons (Fsp3) is 0.304. The fourth-order valence-corrected chi connectivity index (χ4v) is 4.09. The largest absolute Gasteiger partial charge is 0.423 e. The highest BCUT2D eigenvalue weighted by Crippen LogP contribution is 2.29. The van der Waals surface area contributed by atoms with E-state index in [9.17, 15) is 4.79 Å². The smallest absolute Gasteiger partial charge is 0.336 e. The number of thioether (sulfide) groups is 1. The molecule has 0 bridgehead atoms. The highest BCUT2D eigenvalue weighted by molar-refractivity contribution is 8.13. The van der Waals surface area contributed by atoms with Gasteiger partial charge in [0, 0.05) is 17.2 Å². The quantitative estimate of drug-likeness (QED) is 0.351. The van der Waals surface area contributed by atoms with Gasteiger partial charge >= 0.3 is 5.63 Å². The van der Waals surface area contributed by atoms with E-state index < -0.39 is 0 Å². The van der Waals surface area contributed by atoms with Crippen LogP contribution in [0.15, 0.2) is 62.7 Å². The van der Waals surface area contributed by atoms with E-state index in [1.165, 1.54) is 17.3 Å². The molecule has 146 valence electrons. The predicted octanol–water partition coefficient (Wildman–Crippen LogP) is 5.53. The Labute approximate surface area is 169 Å². The van der Waals surface area contributed by atoms with Crippen molar-refractivity contribution in [2.75, 3.05) is 0 Å². The zero-order chi connectivity index (χ0) is 20.3. The van der Waals surface area contributed by atoms with E-state index >= 15 is 0 Å². The zero-order valence-electron chi connectivity index (χ0n) is 16.7. The Hall–Kier alpha value is -2.53. The minimum atomic E-state index is -0.340. The number of rotatable bonds is 5. The van der Waals surface area contributed by atoms with Crippen LogP contribution < -0.4 is 11.4 Å². The van der Waals surface area contributed by atoms with E-state index in [1.54, 1.807) is 6.07 Å². The van der Waals surface area contributed by atoms with Gasteiger partial charge in [-0.25, -0.2) is 4.79 Å². The molecule has 0 aliphatic rings. The lowest BCUT2D eigenvalue weighted by Crippen LogP contribution is -2.10. The Morgan fingerprint density at radius 2 is 1.86 bits per heavy atom. The van der Waals surface area contributed by atoms with E-state index in [0.29, 0.717) is 22.4 Å². The Balaban J connectivity index is 1.86. The summed E-state index contributed by atoms with van der Waals surface area (Å²) >= 11 is 1.44. The van der Waals surface area contributed by atoms with E-state index in [2.05, 4.69) is 24.9 Å². The molecule has 2 aromatic carbocycles. The van der Waals surface area contributed by atoms with E-state index in [1.807, 2.05) is 50.2 Å². The van der Waals surface area contributed by atoms with Crippen LogP contribution in [0.5, 0.6) is 0 Å². The first-order chi connectivity index (χ1) is 13.3. The van der Waals surface area contributed by atoms with Gasteiger partial charge in [0.15, 0.2) is 5.17 Å². The molecule has 0 radical (unpaired) electrons. The number of fused-ring (bicyclic) bond motifs is 1. The van der Waals surface area contributed by atoms with Gasteiger partial charge in [-0.3, -0.25) is 4.99 Å². The number of amidine groups is 1. The number of aryl methyl sites for hydroxylation is 1. The van der Waals surface area contributed by atoms with Gasteiger partial charge in [-0.05, 0) is 54.2 Å². The molecule has 0 amide bonds. The first-order valence-electron chi connectivity index (χ1n) is 9.43. The molecule has 3 rings (SSSR count). The van der Waals surface area contributed by atoms with Gasteiger partial charge in [-0.2, -0.15) is 0 Å². The molecule has 1 atom stereocenters. The maximum absolute atomic E-state index is 12.0. The van der Waals surface area contributed by atoms with E-state index in [0.717, 1.165) is 22.1 Å². The third kappa shape index (κ3) is 4.65. The molecule has 3 aromatic rings. The van der Waals surface area contributed by atoms with Crippen molar-refractivity contribution in [2.24, 2.45) is 10.7 Å². The topological polar surface area (TPSA) is 68.6 Å². The molecule has 0 spiro atoms. The van der Waals surface area contributed by atoms with Crippen LogP contribution in [-0.4, -0.2) is 5.17 Å². The summed E-state index contributed by atoms with van der Waals surface area (Å²) in [6, 6.07) is 15.7. The first kappa shape index (κ1) is 20.2. The number of hydrogen-bond donors (Lipinski definition) is 1. The van der Waals surface area contributed by atoms with Gasteiger partial charge in [0.1, 0.15) is 5.58 Å². The second-order valence-electron chi connectivity index (χ2n) is 7.29. The van der Waals surface area contributed by atoms with Crippen molar-refractivity contribution in [3.63, 3.8) is 0 Å². The molecular formula is C23H26N2O2S. The van der Waals surface area contributed by atoms with Crippen LogP contribution in [0.2, 0.25) is 0 Å². The molecular weight excluding hydrogens is 368 g/mol. The third-order valence-corrected chi connectivity index (χ3v) is 5.67. The maximum Gasteiger partial charge on any atom is 0.336 e. The van der Waals surface area contributed by atoms with Crippen molar-refractivity contribution in [3.05, 3.63) is 81.2 Å². The summed E-state index contributed by atoms with van der Waals surface area (Å²) in [6.07, 6.45) is 0. The summed E-state index contributed by atoms with van der Waals surface area (Å²) in [5.41, 5.74) is 10.9. The van der Waals surface area contributed by atoms with Gasteiger partial charge in [0.2, 0.25) is 0 Å². The van der Waals surface area contributed by atoms with Crippen LogP contribution in [0.1, 0.15) is 55.0 Å². The number of benzene rings is 2. The second-order valence-corrected chi connectivity index (χ2v) is 8.29. The molecule has 0 aliphatic heterocycles. The molecule has 0 saturated heterocycles. The average molecular weight is 395 g/mol. The molecule has 0 unspecified atom stereocenters. The van der Waals surface area contributed by atoms with Crippen molar-refractivity contribution in [2.45, 2.75) is 45.4 Å². The fourth-order valence-electron chi connectivity index (χ4n) is 3.32. The van der Waals surface area contributed by atoms with Crippen molar-refractivity contribution in [1.29, 1.82) is 0 Å². The number of nitrogens with two attached hydrogens (primary N) is 1. The Morgan fingerprint density at radius 3 is 2.54 bits per heavy atom. The lowest BCUT2D eigenvalue weighted by Gasteiger charge is -2.13. The average Bonchev–Trinajstić information content (AvgIpc) is 2.65. The van der Waals surface area contributed by atoms with Crippen LogP contribution in [0.4, 0.5) is 0 Å². The normalized spacial score (nSPS) is 13.2. The lowest BCUT2D eigenvalue weighted by molar-refractivity contribution is 0.559. The lowest BCUT2D eigenvalue weighted by atomic mass is 9.95. The summed E-state index contributed by atoms with van der Waals surface area (Å²) < 4.78 is 5.42. The zero-order valence-corrected chi connectivity index (χ0v) is 17.5. The van der Waals surface area contributed by atoms with Gasteiger partial charge in [-0.15, -0.1) is 0 Å². The van der Waals surface area contributed by atoms with Crippen molar-refractivity contribution >= 4 is 27.9 Å². The minimum absolute atomic E-state index is 0.0125. The van der Waals surface area contributed by atoms with E-state index in [-0.39, 0.29) is 11.7 Å². The SMILES string of the molecule is Cc1cc2oc(=O)cc(CSC(N)=N[C@H](C)c3ccccc3)c2cc1C(C)C. The summed E-state index contributed by atoms with van der Waals surface area (Å²) in [6.45, 7) is 8.40. The van der Waals surface area contributed by atoms with Gasteiger partial charge in [0.05, 0.1) is 6.04 Å². The van der Waals surface area contributed by atoms with Gasteiger partial charge in [0.25, 0.3) is 0 Å². The molecule has 4 nitrogen and oxygen atoms in total. The van der Waals surface area contributed by atoms with Gasteiger partial charge in [-0.1, -0.05) is 55.9 Å². The maximum atomic E-state index is 12.0. The first-order valence-corrected chi connectivity index (χ1v) is 10.4. The Kier molecular flexibility index (Phi) is 6.25. The molecule has 5 heteroatoms. The summed E-state index contributed by atoms with van der Waals surface area (Å²) in [5.74, 6) is 0.967. The summed E-state index contributed by atoms with van der Waals surface area (Å²) in [4.78, 5) is 16.6. The minimum Gasteiger partial charge on any atom is -0.423 e. The van der Waals surface area contributed by atoms with E-state index in [4.69, 9.17) is 10.2 Å². The Bertz CT molecular complexity index is 1060. The highest BCUT2D eigenvalue weighted by Gasteiger charge is 2.12. The monoisotopic (exact) mass is 394 g/mol. The highest BCUT2D eigenvalue weighted by atomic mass is 32.2. The number of hydrogen-bond acceptors (Lipinski definition) is 4. The van der Waals surface area contributed by atoms with Crippen LogP contribution in [0.25, 0.3) is 11.0 Å². The second kappa shape index (κ2) is 8.65. The van der Waals surface area contributed by atoms with Crippen molar-refractivity contribution < 1.29 is 4.42 Å². The molecule has 0 fully saturated rings.